The summed E-state index contributed by atoms with van der Waals surface area (Å²) in [6.07, 6.45) is 0.939. The minimum atomic E-state index is -0.358. The molecule has 0 aromatic heterocycles. The molecule has 0 radical (unpaired) electrons. The van der Waals surface area contributed by atoms with E-state index in [0.29, 0.717) is 0 Å². The van der Waals surface area contributed by atoms with Crippen molar-refractivity contribution in [1.29, 1.82) is 5.26 Å². The van der Waals surface area contributed by atoms with Gasteiger partial charge in [-0.25, -0.2) is 0 Å². The third kappa shape index (κ3) is 2.00. The van der Waals surface area contributed by atoms with Gasteiger partial charge in [-0.1, -0.05) is 6.92 Å². The molecule has 2 heteroatoms. The maximum absolute atomic E-state index is 8.70. The minimum absolute atomic E-state index is 0.0532. The fourth-order valence-electron chi connectivity index (χ4n) is 1.04. The number of nitrogens with zero attached hydrogens (tertiary/aromatic N) is 1. The van der Waals surface area contributed by atoms with Crippen LogP contribution in [0.25, 0.3) is 0 Å². The maximum Gasteiger partial charge on any atom is 0.0778 e. The van der Waals surface area contributed by atoms with Gasteiger partial charge < -0.3 is 4.74 Å². The SMILES string of the molecule is CC[C@H](OC)C(C)(C)C#N. The van der Waals surface area contributed by atoms with E-state index in [2.05, 4.69) is 6.07 Å². The van der Waals surface area contributed by atoms with Crippen LogP contribution in [0.4, 0.5) is 0 Å². The molecule has 0 spiro atoms. The Morgan fingerprint density at radius 1 is 1.60 bits per heavy atom. The van der Waals surface area contributed by atoms with E-state index in [0.717, 1.165) is 6.42 Å². The van der Waals surface area contributed by atoms with Crippen LogP contribution >= 0.6 is 0 Å². The summed E-state index contributed by atoms with van der Waals surface area (Å²) in [7, 11) is 1.65. The molecule has 0 saturated heterocycles. The van der Waals surface area contributed by atoms with Crippen LogP contribution in [0.2, 0.25) is 0 Å². The molecule has 0 bridgehead atoms. The lowest BCUT2D eigenvalue weighted by molar-refractivity contribution is 0.0324. The lowest BCUT2D eigenvalue weighted by atomic mass is 9.87. The van der Waals surface area contributed by atoms with E-state index in [4.69, 9.17) is 10.00 Å². The zero-order chi connectivity index (χ0) is 8.20. The molecule has 0 saturated carbocycles. The second-order valence-electron chi connectivity index (χ2n) is 2.97. The van der Waals surface area contributed by atoms with Crippen LogP contribution in [0, 0.1) is 16.7 Å². The molecule has 2 nitrogen and oxygen atoms in total. The summed E-state index contributed by atoms with van der Waals surface area (Å²) in [5.41, 5.74) is -0.358. The molecular weight excluding hydrogens is 126 g/mol. The van der Waals surface area contributed by atoms with Gasteiger partial charge in [-0.05, 0) is 20.3 Å². The van der Waals surface area contributed by atoms with E-state index in [9.17, 15) is 0 Å². The fraction of sp³-hybridized carbons (Fsp3) is 0.875. The highest BCUT2D eigenvalue weighted by atomic mass is 16.5. The summed E-state index contributed by atoms with van der Waals surface area (Å²) < 4.78 is 5.13. The third-order valence-corrected chi connectivity index (χ3v) is 1.75. The van der Waals surface area contributed by atoms with Crippen LogP contribution in [-0.2, 0) is 4.74 Å². The van der Waals surface area contributed by atoms with Gasteiger partial charge in [0.05, 0.1) is 17.6 Å². The van der Waals surface area contributed by atoms with Crippen molar-refractivity contribution in [2.75, 3.05) is 7.11 Å². The summed E-state index contributed by atoms with van der Waals surface area (Å²) in [5, 5.41) is 8.70. The van der Waals surface area contributed by atoms with Crippen LogP contribution in [0.15, 0.2) is 0 Å². The van der Waals surface area contributed by atoms with E-state index in [1.807, 2.05) is 20.8 Å². The van der Waals surface area contributed by atoms with Crippen molar-refractivity contribution in [3.05, 3.63) is 0 Å². The summed E-state index contributed by atoms with van der Waals surface area (Å²) >= 11 is 0. The van der Waals surface area contributed by atoms with Crippen molar-refractivity contribution in [1.82, 2.24) is 0 Å². The Kier molecular flexibility index (Phi) is 3.38. The van der Waals surface area contributed by atoms with Crippen molar-refractivity contribution >= 4 is 0 Å². The number of methoxy groups -OCH3 is 1. The maximum atomic E-state index is 8.70. The first-order valence-corrected chi connectivity index (χ1v) is 3.52. The average Bonchev–Trinajstić information content (AvgIpc) is 1.90. The van der Waals surface area contributed by atoms with Crippen molar-refractivity contribution < 1.29 is 4.74 Å². The van der Waals surface area contributed by atoms with Gasteiger partial charge in [0.15, 0.2) is 0 Å². The monoisotopic (exact) mass is 141 g/mol. The molecule has 58 valence electrons. The molecule has 0 fully saturated rings. The third-order valence-electron chi connectivity index (χ3n) is 1.75. The predicted molar refractivity (Wildman–Crippen MR) is 40.5 cm³/mol. The second kappa shape index (κ2) is 3.58. The van der Waals surface area contributed by atoms with Gasteiger partial charge in [-0.15, -0.1) is 0 Å². The molecule has 0 aliphatic rings. The highest BCUT2D eigenvalue weighted by molar-refractivity contribution is 4.97. The van der Waals surface area contributed by atoms with E-state index in [1.165, 1.54) is 0 Å². The Morgan fingerprint density at radius 2 is 2.10 bits per heavy atom. The topological polar surface area (TPSA) is 33.0 Å². The highest BCUT2D eigenvalue weighted by Gasteiger charge is 2.27. The second-order valence-corrected chi connectivity index (χ2v) is 2.97. The van der Waals surface area contributed by atoms with Crippen LogP contribution < -0.4 is 0 Å². The normalized spacial score (nSPS) is 14.3. The average molecular weight is 141 g/mol. The first-order chi connectivity index (χ1) is 4.58. The van der Waals surface area contributed by atoms with Crippen LogP contribution in [0.1, 0.15) is 27.2 Å². The molecule has 0 aromatic carbocycles. The number of ether oxygens (including phenoxy) is 1. The number of nitriles is 1. The molecule has 0 aliphatic carbocycles. The first kappa shape index (κ1) is 9.45. The van der Waals surface area contributed by atoms with Gasteiger partial charge in [-0.2, -0.15) is 5.26 Å². The van der Waals surface area contributed by atoms with E-state index in [-0.39, 0.29) is 11.5 Å². The summed E-state index contributed by atoms with van der Waals surface area (Å²) in [4.78, 5) is 0. The molecule has 0 aromatic rings. The fourth-order valence-corrected chi connectivity index (χ4v) is 1.04. The van der Waals surface area contributed by atoms with Crippen LogP contribution in [0.3, 0.4) is 0 Å². The predicted octanol–water partition coefficient (Wildman–Crippen LogP) is 1.96. The summed E-state index contributed by atoms with van der Waals surface area (Å²) in [6.45, 7) is 5.81. The first-order valence-electron chi connectivity index (χ1n) is 3.52. The molecule has 10 heavy (non-hydrogen) atoms. The molecule has 0 N–H and O–H groups in total. The molecule has 1 atom stereocenters. The zero-order valence-electron chi connectivity index (χ0n) is 7.14. The van der Waals surface area contributed by atoms with Gasteiger partial charge in [0.1, 0.15) is 0 Å². The molecule has 0 heterocycles. The van der Waals surface area contributed by atoms with Gasteiger partial charge in [0.2, 0.25) is 0 Å². The lowest BCUT2D eigenvalue weighted by Crippen LogP contribution is -2.28. The van der Waals surface area contributed by atoms with Gasteiger partial charge in [0, 0.05) is 7.11 Å². The van der Waals surface area contributed by atoms with Crippen LogP contribution in [0.5, 0.6) is 0 Å². The van der Waals surface area contributed by atoms with E-state index in [1.54, 1.807) is 7.11 Å². The quantitative estimate of drug-likeness (QED) is 0.602. The molecule has 0 rings (SSSR count). The zero-order valence-corrected chi connectivity index (χ0v) is 7.14. The highest BCUT2D eigenvalue weighted by Crippen LogP contribution is 2.23. The Morgan fingerprint density at radius 3 is 2.20 bits per heavy atom. The van der Waals surface area contributed by atoms with Crippen LogP contribution in [-0.4, -0.2) is 13.2 Å². The lowest BCUT2D eigenvalue weighted by Gasteiger charge is -2.24. The standard InChI is InChI=1S/C8H15NO/c1-5-7(10-4)8(2,3)6-9/h7H,5H2,1-4H3/t7-/m0/s1. The Balaban J connectivity index is 4.15. The number of hydrogen-bond donors (Lipinski definition) is 0. The minimum Gasteiger partial charge on any atom is -0.380 e. The Hall–Kier alpha value is -0.550. The van der Waals surface area contributed by atoms with Gasteiger partial charge in [-0.3, -0.25) is 0 Å². The summed E-state index contributed by atoms with van der Waals surface area (Å²) in [5.74, 6) is 0. The van der Waals surface area contributed by atoms with Gasteiger partial charge >= 0.3 is 0 Å². The number of hydrogen-bond acceptors (Lipinski definition) is 2. The molecule has 0 aliphatic heterocycles. The molecular formula is C8H15NO. The Bertz CT molecular complexity index is 131. The van der Waals surface area contributed by atoms with Crippen molar-refractivity contribution in [2.24, 2.45) is 5.41 Å². The smallest absolute Gasteiger partial charge is 0.0778 e. The number of rotatable bonds is 3. The van der Waals surface area contributed by atoms with Crippen molar-refractivity contribution in [3.8, 4) is 6.07 Å². The molecule has 0 unspecified atom stereocenters. The van der Waals surface area contributed by atoms with Crippen molar-refractivity contribution in [2.45, 2.75) is 33.3 Å². The largest absolute Gasteiger partial charge is 0.380 e. The summed E-state index contributed by atoms with van der Waals surface area (Å²) in [6, 6.07) is 2.22. The molecule has 0 amide bonds. The van der Waals surface area contributed by atoms with Gasteiger partial charge in [0.25, 0.3) is 0 Å². The Labute approximate surface area is 62.8 Å². The van der Waals surface area contributed by atoms with E-state index < -0.39 is 0 Å². The van der Waals surface area contributed by atoms with E-state index >= 15 is 0 Å². The van der Waals surface area contributed by atoms with Crippen molar-refractivity contribution in [3.63, 3.8) is 0 Å².